The van der Waals surface area contributed by atoms with Crippen LogP contribution >= 0.6 is 0 Å². The van der Waals surface area contributed by atoms with E-state index >= 15 is 0 Å². The predicted molar refractivity (Wildman–Crippen MR) is 141 cm³/mol. The van der Waals surface area contributed by atoms with Gasteiger partial charge in [-0.3, -0.25) is 4.79 Å². The fourth-order valence-corrected chi connectivity index (χ4v) is 4.74. The molecule has 2 aliphatic heterocycles. The molecule has 1 aromatic carbocycles. The van der Waals surface area contributed by atoms with E-state index in [0.717, 1.165) is 31.2 Å². The highest BCUT2D eigenvalue weighted by atomic mass is 16.5. The van der Waals surface area contributed by atoms with Crippen LogP contribution in [0.1, 0.15) is 36.2 Å². The number of aliphatic hydroxyl groups is 1. The number of benzene rings is 1. The topological polar surface area (TPSA) is 109 Å². The third-order valence-corrected chi connectivity index (χ3v) is 7.06. The smallest absolute Gasteiger partial charge is 0.272 e. The Hall–Kier alpha value is -2.79. The third-order valence-electron chi connectivity index (χ3n) is 7.06. The molecule has 0 saturated carbocycles. The number of aliphatic hydroxyl groups excluding tert-OH is 1. The first-order chi connectivity index (χ1) is 18.0. The highest BCUT2D eigenvalue weighted by molar-refractivity contribution is 5.93. The molecule has 1 unspecified atom stereocenters. The van der Waals surface area contributed by atoms with E-state index in [9.17, 15) is 9.90 Å². The van der Waals surface area contributed by atoms with Gasteiger partial charge in [0, 0.05) is 70.8 Å². The van der Waals surface area contributed by atoms with Crippen LogP contribution in [0.15, 0.2) is 30.3 Å². The Morgan fingerprint density at radius 2 is 1.76 bits per heavy atom. The van der Waals surface area contributed by atoms with Crippen LogP contribution in [-0.2, 0) is 9.47 Å². The molecule has 2 aliphatic rings. The lowest BCUT2D eigenvalue weighted by molar-refractivity contribution is 0.0358. The van der Waals surface area contributed by atoms with Crippen molar-refractivity contribution in [1.82, 2.24) is 20.2 Å². The van der Waals surface area contributed by atoms with E-state index in [1.165, 1.54) is 0 Å². The Balaban J connectivity index is 1.63. The normalized spacial score (nSPS) is 17.8. The van der Waals surface area contributed by atoms with Crippen molar-refractivity contribution in [3.05, 3.63) is 36.0 Å². The number of nitrogens with zero attached hydrogens (tertiary/aromatic N) is 4. The van der Waals surface area contributed by atoms with E-state index in [0.29, 0.717) is 56.1 Å². The minimum absolute atomic E-state index is 0.122. The zero-order chi connectivity index (χ0) is 26.2. The van der Waals surface area contributed by atoms with E-state index in [4.69, 9.17) is 24.2 Å². The lowest BCUT2D eigenvalue weighted by Crippen LogP contribution is -2.41. The van der Waals surface area contributed by atoms with Crippen LogP contribution in [-0.4, -0.2) is 105 Å². The minimum Gasteiger partial charge on any atom is -0.491 e. The Morgan fingerprint density at radius 3 is 2.43 bits per heavy atom. The molecule has 2 fully saturated rings. The van der Waals surface area contributed by atoms with Crippen LogP contribution in [0.5, 0.6) is 5.75 Å². The number of ether oxygens (including phenoxy) is 3. The van der Waals surface area contributed by atoms with Gasteiger partial charge >= 0.3 is 0 Å². The first kappa shape index (κ1) is 27.3. The first-order valence-electron chi connectivity index (χ1n) is 13.1. The van der Waals surface area contributed by atoms with E-state index < -0.39 is 6.10 Å². The number of hydrogen-bond acceptors (Lipinski definition) is 9. The molecule has 10 nitrogen and oxygen atoms in total. The molecule has 10 heteroatoms. The van der Waals surface area contributed by atoms with Gasteiger partial charge in [0.1, 0.15) is 30.0 Å². The molecule has 2 aromatic rings. The Kier molecular flexibility index (Phi) is 9.68. The average molecular weight is 514 g/mol. The van der Waals surface area contributed by atoms with Crippen molar-refractivity contribution < 1.29 is 24.1 Å². The van der Waals surface area contributed by atoms with Gasteiger partial charge in [0.15, 0.2) is 5.82 Å². The second-order valence-corrected chi connectivity index (χ2v) is 9.70. The molecule has 1 amide bonds. The van der Waals surface area contributed by atoms with Crippen LogP contribution in [0.2, 0.25) is 0 Å². The Labute approximate surface area is 218 Å². The summed E-state index contributed by atoms with van der Waals surface area (Å²) in [4.78, 5) is 27.1. The predicted octanol–water partition coefficient (Wildman–Crippen LogP) is 1.97. The van der Waals surface area contributed by atoms with Crippen LogP contribution in [0.4, 0.5) is 5.82 Å². The molecular formula is C27H39N5O5. The molecule has 3 heterocycles. The van der Waals surface area contributed by atoms with Crippen molar-refractivity contribution in [3.8, 4) is 17.1 Å². The summed E-state index contributed by atoms with van der Waals surface area (Å²) in [5.74, 6) is 1.64. The zero-order valence-electron chi connectivity index (χ0n) is 22.1. The maximum Gasteiger partial charge on any atom is 0.272 e. The average Bonchev–Trinajstić information content (AvgIpc) is 2.96. The number of likely N-dealkylation sites (N-methyl/N-ethyl adjacent to an activating group) is 1. The zero-order valence-corrected chi connectivity index (χ0v) is 22.1. The van der Waals surface area contributed by atoms with Crippen LogP contribution in [0.25, 0.3) is 11.4 Å². The van der Waals surface area contributed by atoms with Crippen molar-refractivity contribution >= 4 is 11.7 Å². The summed E-state index contributed by atoms with van der Waals surface area (Å²) in [6.45, 7) is 3.34. The number of carbonyl (C=O) groups excluding carboxylic acids is 1. The van der Waals surface area contributed by atoms with Crippen molar-refractivity contribution in [3.63, 3.8) is 0 Å². The SMILES string of the molecule is CNCC(O)COc1cccc(-c2nc(C(=O)N(C)C3CCOCC3)cc(N(C)C3CCOCC3)n2)c1. The molecule has 0 spiro atoms. The van der Waals surface area contributed by atoms with Crippen LogP contribution in [0.3, 0.4) is 0 Å². The van der Waals surface area contributed by atoms with E-state index in [-0.39, 0.29) is 24.6 Å². The third kappa shape index (κ3) is 7.16. The second kappa shape index (κ2) is 13.1. The largest absolute Gasteiger partial charge is 0.491 e. The molecule has 2 N–H and O–H groups in total. The molecule has 1 atom stereocenters. The monoisotopic (exact) mass is 513 g/mol. The number of amides is 1. The quantitative estimate of drug-likeness (QED) is 0.493. The summed E-state index contributed by atoms with van der Waals surface area (Å²) in [6.07, 6.45) is 2.81. The minimum atomic E-state index is -0.619. The van der Waals surface area contributed by atoms with E-state index in [1.54, 1.807) is 18.0 Å². The van der Waals surface area contributed by atoms with E-state index in [1.807, 2.05) is 38.4 Å². The van der Waals surface area contributed by atoms with Crippen LogP contribution in [0, 0.1) is 0 Å². The number of nitrogens with one attached hydrogen (secondary N) is 1. The number of anilines is 1. The molecule has 0 bridgehead atoms. The van der Waals surface area contributed by atoms with Gasteiger partial charge in [-0.05, 0) is 44.9 Å². The number of rotatable bonds is 10. The summed E-state index contributed by atoms with van der Waals surface area (Å²) in [5, 5.41) is 12.9. The summed E-state index contributed by atoms with van der Waals surface area (Å²) < 4.78 is 16.8. The molecule has 0 aliphatic carbocycles. The first-order valence-corrected chi connectivity index (χ1v) is 13.1. The number of carbonyl (C=O) groups is 1. The lowest BCUT2D eigenvalue weighted by atomic mass is 10.1. The molecule has 1 aromatic heterocycles. The molecule has 202 valence electrons. The molecule has 2 saturated heterocycles. The highest BCUT2D eigenvalue weighted by Gasteiger charge is 2.27. The van der Waals surface area contributed by atoms with Crippen molar-refractivity contribution in [2.24, 2.45) is 0 Å². The van der Waals surface area contributed by atoms with Gasteiger partial charge in [0.05, 0.1) is 0 Å². The Morgan fingerprint density at radius 1 is 1.08 bits per heavy atom. The standard InChI is InChI=1S/C27H39N5O5/c1-28-17-22(33)18-37-23-6-4-5-19(15-23)26-29-24(27(34)32(3)21-9-13-36-14-10-21)16-25(30-26)31(2)20-7-11-35-12-8-20/h4-6,15-16,20-22,28,33H,7-14,17-18H2,1-3H3. The summed E-state index contributed by atoms with van der Waals surface area (Å²) in [6, 6.07) is 9.64. The Bertz CT molecular complexity index is 1030. The van der Waals surface area contributed by atoms with Gasteiger partial charge in [-0.25, -0.2) is 9.97 Å². The molecule has 0 radical (unpaired) electrons. The second-order valence-electron chi connectivity index (χ2n) is 9.70. The van der Waals surface area contributed by atoms with Gasteiger partial charge in [0.25, 0.3) is 5.91 Å². The summed E-state index contributed by atoms with van der Waals surface area (Å²) in [7, 11) is 5.64. The number of hydrogen-bond donors (Lipinski definition) is 2. The molecule has 4 rings (SSSR count). The van der Waals surface area contributed by atoms with Gasteiger partial charge in [-0.1, -0.05) is 12.1 Å². The maximum atomic E-state index is 13.6. The number of aromatic nitrogens is 2. The van der Waals surface area contributed by atoms with Gasteiger partial charge < -0.3 is 34.4 Å². The van der Waals surface area contributed by atoms with Crippen molar-refractivity contribution in [2.45, 2.75) is 43.9 Å². The maximum absolute atomic E-state index is 13.6. The van der Waals surface area contributed by atoms with Gasteiger partial charge in [-0.2, -0.15) is 0 Å². The van der Waals surface area contributed by atoms with Crippen LogP contribution < -0.4 is 15.0 Å². The van der Waals surface area contributed by atoms with Crippen molar-refractivity contribution in [2.75, 3.05) is 65.6 Å². The molecule has 37 heavy (non-hydrogen) atoms. The van der Waals surface area contributed by atoms with Crippen molar-refractivity contribution in [1.29, 1.82) is 0 Å². The summed E-state index contributed by atoms with van der Waals surface area (Å²) in [5.41, 5.74) is 1.11. The van der Waals surface area contributed by atoms with Gasteiger partial charge in [0.2, 0.25) is 0 Å². The molecular weight excluding hydrogens is 474 g/mol. The van der Waals surface area contributed by atoms with E-state index in [2.05, 4.69) is 10.2 Å². The van der Waals surface area contributed by atoms with Gasteiger partial charge in [-0.15, -0.1) is 0 Å². The highest BCUT2D eigenvalue weighted by Crippen LogP contribution is 2.27. The fraction of sp³-hybridized carbons (Fsp3) is 0.593. The summed E-state index contributed by atoms with van der Waals surface area (Å²) >= 11 is 0. The lowest BCUT2D eigenvalue weighted by Gasteiger charge is -2.33. The fourth-order valence-electron chi connectivity index (χ4n) is 4.74.